The Balaban J connectivity index is 2.72. The van der Waals surface area contributed by atoms with Crippen LogP contribution in [0.25, 0.3) is 0 Å². The second-order valence-electron chi connectivity index (χ2n) is 4.49. The smallest absolute Gasteiger partial charge is 0.261 e. The fourth-order valence-electron chi connectivity index (χ4n) is 1.92. The zero-order chi connectivity index (χ0) is 15.1. The summed E-state index contributed by atoms with van der Waals surface area (Å²) >= 11 is 7.08. The van der Waals surface area contributed by atoms with E-state index in [1.54, 1.807) is 0 Å². The van der Waals surface area contributed by atoms with Crippen molar-refractivity contribution in [2.45, 2.75) is 32.7 Å². The molecular formula is C14H19Br2F2NO. The van der Waals surface area contributed by atoms with Crippen molar-refractivity contribution >= 4 is 31.9 Å². The summed E-state index contributed by atoms with van der Waals surface area (Å²) in [7, 11) is 0. The lowest BCUT2D eigenvalue weighted by atomic mass is 10.0. The standard InChI is InChI=1S/C14H19Br2F2NO/c1-3-19-13(4-5-20-8-14(17)18)10-7-11(15)9(2)6-12(10)16/h6-7,13-14,19H,3-5,8H2,1-2H3. The third-order valence-corrected chi connectivity index (χ3v) is 4.44. The molecule has 1 N–H and O–H groups in total. The Morgan fingerprint density at radius 1 is 1.25 bits per heavy atom. The number of hydrogen-bond donors (Lipinski definition) is 1. The summed E-state index contributed by atoms with van der Waals surface area (Å²) in [6.45, 7) is 4.64. The second kappa shape index (κ2) is 9.07. The van der Waals surface area contributed by atoms with Gasteiger partial charge in [-0.25, -0.2) is 8.78 Å². The maximum absolute atomic E-state index is 12.0. The van der Waals surface area contributed by atoms with Crippen LogP contribution < -0.4 is 5.32 Å². The first-order valence-electron chi connectivity index (χ1n) is 6.50. The zero-order valence-corrected chi connectivity index (χ0v) is 14.7. The van der Waals surface area contributed by atoms with Gasteiger partial charge in [-0.05, 0) is 43.1 Å². The molecule has 0 radical (unpaired) electrons. The molecule has 0 aliphatic heterocycles. The zero-order valence-electron chi connectivity index (χ0n) is 11.6. The average Bonchev–Trinajstić information content (AvgIpc) is 2.37. The molecule has 0 aliphatic carbocycles. The van der Waals surface area contributed by atoms with Crippen LogP contribution in [0.1, 0.15) is 30.5 Å². The van der Waals surface area contributed by atoms with Crippen LogP contribution in [0.2, 0.25) is 0 Å². The Kier molecular flexibility index (Phi) is 8.17. The molecule has 0 fully saturated rings. The van der Waals surface area contributed by atoms with Gasteiger partial charge in [0.15, 0.2) is 0 Å². The quantitative estimate of drug-likeness (QED) is 0.614. The molecule has 0 bridgehead atoms. The van der Waals surface area contributed by atoms with Gasteiger partial charge in [-0.3, -0.25) is 0 Å². The van der Waals surface area contributed by atoms with E-state index in [1.165, 1.54) is 0 Å². The summed E-state index contributed by atoms with van der Waals surface area (Å²) < 4.78 is 31.1. The van der Waals surface area contributed by atoms with Gasteiger partial charge < -0.3 is 10.1 Å². The number of nitrogens with one attached hydrogen (secondary N) is 1. The normalized spacial score (nSPS) is 12.9. The number of benzene rings is 1. The molecule has 1 rings (SSSR count). The summed E-state index contributed by atoms with van der Waals surface area (Å²) in [6, 6.07) is 4.17. The van der Waals surface area contributed by atoms with E-state index in [2.05, 4.69) is 43.2 Å². The molecule has 1 unspecified atom stereocenters. The van der Waals surface area contributed by atoms with Crippen molar-refractivity contribution < 1.29 is 13.5 Å². The van der Waals surface area contributed by atoms with Gasteiger partial charge in [0.2, 0.25) is 0 Å². The Morgan fingerprint density at radius 3 is 2.55 bits per heavy atom. The summed E-state index contributed by atoms with van der Waals surface area (Å²) in [5, 5.41) is 3.36. The van der Waals surface area contributed by atoms with Gasteiger partial charge in [-0.1, -0.05) is 38.8 Å². The first kappa shape index (κ1) is 18.0. The van der Waals surface area contributed by atoms with E-state index in [9.17, 15) is 8.78 Å². The minimum absolute atomic E-state index is 0.0731. The van der Waals surface area contributed by atoms with Crippen LogP contribution in [0, 0.1) is 6.92 Å². The largest absolute Gasteiger partial charge is 0.375 e. The fourth-order valence-corrected chi connectivity index (χ4v) is 3.01. The van der Waals surface area contributed by atoms with Gasteiger partial charge in [-0.15, -0.1) is 0 Å². The molecule has 114 valence electrons. The maximum atomic E-state index is 12.0. The van der Waals surface area contributed by atoms with Crippen molar-refractivity contribution in [1.82, 2.24) is 5.32 Å². The van der Waals surface area contributed by atoms with Gasteiger partial charge in [0, 0.05) is 21.6 Å². The van der Waals surface area contributed by atoms with E-state index in [1.807, 2.05) is 19.9 Å². The van der Waals surface area contributed by atoms with Gasteiger partial charge in [-0.2, -0.15) is 0 Å². The summed E-state index contributed by atoms with van der Waals surface area (Å²) in [5.74, 6) is 0. The number of ether oxygens (including phenoxy) is 1. The highest BCUT2D eigenvalue weighted by Crippen LogP contribution is 2.31. The van der Waals surface area contributed by atoms with Crippen LogP contribution in [0.3, 0.4) is 0 Å². The molecule has 0 aromatic heterocycles. The molecule has 0 saturated heterocycles. The number of alkyl halides is 2. The Bertz CT molecular complexity index is 430. The van der Waals surface area contributed by atoms with E-state index >= 15 is 0 Å². The van der Waals surface area contributed by atoms with Crippen LogP contribution in [0.5, 0.6) is 0 Å². The van der Waals surface area contributed by atoms with Gasteiger partial charge in [0.25, 0.3) is 6.43 Å². The monoisotopic (exact) mass is 413 g/mol. The number of rotatable bonds is 8. The third kappa shape index (κ3) is 5.76. The molecule has 1 atom stereocenters. The first-order chi connectivity index (χ1) is 9.45. The predicted octanol–water partition coefficient (Wildman–Crippen LogP) is 4.84. The molecule has 20 heavy (non-hydrogen) atoms. The van der Waals surface area contributed by atoms with Gasteiger partial charge in [0.1, 0.15) is 6.61 Å². The SMILES string of the molecule is CCNC(CCOCC(F)F)c1cc(Br)c(C)cc1Br. The van der Waals surface area contributed by atoms with Crippen molar-refractivity contribution in [2.24, 2.45) is 0 Å². The van der Waals surface area contributed by atoms with Crippen molar-refractivity contribution in [3.05, 3.63) is 32.2 Å². The number of halogens is 4. The lowest BCUT2D eigenvalue weighted by Crippen LogP contribution is -2.23. The maximum Gasteiger partial charge on any atom is 0.261 e. The summed E-state index contributed by atoms with van der Waals surface area (Å²) in [6.07, 6.45) is -1.76. The minimum atomic E-state index is -2.41. The number of hydrogen-bond acceptors (Lipinski definition) is 2. The van der Waals surface area contributed by atoms with E-state index < -0.39 is 13.0 Å². The fraction of sp³-hybridized carbons (Fsp3) is 0.571. The van der Waals surface area contributed by atoms with E-state index in [0.717, 1.165) is 26.6 Å². The third-order valence-electron chi connectivity index (χ3n) is 2.90. The minimum Gasteiger partial charge on any atom is -0.375 e. The van der Waals surface area contributed by atoms with Crippen LogP contribution >= 0.6 is 31.9 Å². The van der Waals surface area contributed by atoms with Crippen molar-refractivity contribution in [3.63, 3.8) is 0 Å². The van der Waals surface area contributed by atoms with Crippen molar-refractivity contribution in [2.75, 3.05) is 19.8 Å². The summed E-state index contributed by atoms with van der Waals surface area (Å²) in [5.41, 5.74) is 2.25. The highest BCUT2D eigenvalue weighted by atomic mass is 79.9. The first-order valence-corrected chi connectivity index (χ1v) is 8.09. The molecule has 0 heterocycles. The van der Waals surface area contributed by atoms with Gasteiger partial charge >= 0.3 is 0 Å². The van der Waals surface area contributed by atoms with Crippen LogP contribution in [0.4, 0.5) is 8.78 Å². The van der Waals surface area contributed by atoms with E-state index in [-0.39, 0.29) is 6.04 Å². The molecule has 0 aliphatic rings. The van der Waals surface area contributed by atoms with Crippen molar-refractivity contribution in [1.29, 1.82) is 0 Å². The van der Waals surface area contributed by atoms with Crippen LogP contribution in [-0.2, 0) is 4.74 Å². The highest BCUT2D eigenvalue weighted by molar-refractivity contribution is 9.11. The van der Waals surface area contributed by atoms with Gasteiger partial charge in [0.05, 0.1) is 0 Å². The molecule has 1 aromatic carbocycles. The Labute approximate surface area is 135 Å². The molecule has 0 amide bonds. The van der Waals surface area contributed by atoms with E-state index in [4.69, 9.17) is 4.74 Å². The highest BCUT2D eigenvalue weighted by Gasteiger charge is 2.15. The molecule has 0 saturated carbocycles. The Hall–Kier alpha value is -0.0400. The lowest BCUT2D eigenvalue weighted by Gasteiger charge is -2.21. The molecule has 6 heteroatoms. The lowest BCUT2D eigenvalue weighted by molar-refractivity contribution is 0.0144. The van der Waals surface area contributed by atoms with Crippen LogP contribution in [-0.4, -0.2) is 26.2 Å². The molecule has 1 aromatic rings. The van der Waals surface area contributed by atoms with Crippen LogP contribution in [0.15, 0.2) is 21.1 Å². The van der Waals surface area contributed by atoms with Crippen molar-refractivity contribution in [3.8, 4) is 0 Å². The Morgan fingerprint density at radius 2 is 1.95 bits per heavy atom. The second-order valence-corrected chi connectivity index (χ2v) is 6.20. The number of aryl methyl sites for hydroxylation is 1. The average molecular weight is 415 g/mol. The summed E-state index contributed by atoms with van der Waals surface area (Å²) in [4.78, 5) is 0. The molecule has 2 nitrogen and oxygen atoms in total. The molecule has 0 spiro atoms. The topological polar surface area (TPSA) is 21.3 Å². The predicted molar refractivity (Wildman–Crippen MR) is 84.4 cm³/mol. The van der Waals surface area contributed by atoms with E-state index in [0.29, 0.717) is 13.0 Å². The molecular weight excluding hydrogens is 396 g/mol.